The van der Waals surface area contributed by atoms with Gasteiger partial charge in [0.05, 0.1) is 32.0 Å². The zero-order chi connectivity index (χ0) is 21.7. The summed E-state index contributed by atoms with van der Waals surface area (Å²) >= 11 is 7.60. The van der Waals surface area contributed by atoms with E-state index in [1.165, 1.54) is 11.8 Å². The Balaban J connectivity index is 2.12. The molecule has 0 saturated heterocycles. The predicted molar refractivity (Wildman–Crippen MR) is 118 cm³/mol. The quantitative estimate of drug-likeness (QED) is 0.396. The molecule has 0 amide bonds. The lowest BCUT2D eigenvalue weighted by atomic mass is 10.1. The van der Waals surface area contributed by atoms with Crippen LogP contribution in [0.25, 0.3) is 11.3 Å². The summed E-state index contributed by atoms with van der Waals surface area (Å²) in [6.07, 6.45) is 1.87. The summed E-state index contributed by atoms with van der Waals surface area (Å²) in [4.78, 5) is 9.04. The van der Waals surface area contributed by atoms with Crippen molar-refractivity contribution < 1.29 is 14.2 Å². The monoisotopic (exact) mass is 442 g/mol. The number of rotatable bonds is 7. The SMILES string of the molecule is COc1ccc(Nc2nc(SC)nc(-c3ccc(OC)c(OC)c3)c2C#N)cc1Cl. The molecule has 0 atom stereocenters. The van der Waals surface area contributed by atoms with E-state index in [0.717, 1.165) is 0 Å². The molecule has 1 heterocycles. The summed E-state index contributed by atoms with van der Waals surface area (Å²) < 4.78 is 15.9. The molecule has 0 spiro atoms. The molecule has 0 saturated carbocycles. The average Bonchev–Trinajstić information content (AvgIpc) is 2.78. The maximum absolute atomic E-state index is 9.89. The number of ether oxygens (including phenoxy) is 3. The molecule has 1 N–H and O–H groups in total. The minimum atomic E-state index is 0.298. The lowest BCUT2D eigenvalue weighted by Gasteiger charge is -2.14. The lowest BCUT2D eigenvalue weighted by Crippen LogP contribution is -2.04. The van der Waals surface area contributed by atoms with Crippen LogP contribution >= 0.6 is 23.4 Å². The Morgan fingerprint density at radius 3 is 2.27 bits per heavy atom. The summed E-state index contributed by atoms with van der Waals surface area (Å²) in [6, 6.07) is 12.8. The molecule has 3 aromatic rings. The normalized spacial score (nSPS) is 10.3. The van der Waals surface area contributed by atoms with Crippen LogP contribution in [0.3, 0.4) is 0 Å². The van der Waals surface area contributed by atoms with E-state index < -0.39 is 0 Å². The molecule has 7 nitrogen and oxygen atoms in total. The molecule has 2 aromatic carbocycles. The van der Waals surface area contributed by atoms with Crippen molar-refractivity contribution in [2.45, 2.75) is 5.16 Å². The largest absolute Gasteiger partial charge is 0.495 e. The van der Waals surface area contributed by atoms with E-state index in [9.17, 15) is 5.26 Å². The van der Waals surface area contributed by atoms with Crippen LogP contribution in [0.1, 0.15) is 5.56 Å². The Bertz CT molecular complexity index is 1120. The molecule has 0 unspecified atom stereocenters. The summed E-state index contributed by atoms with van der Waals surface area (Å²) in [5, 5.41) is 14.0. The first-order valence-corrected chi connectivity index (χ1v) is 10.3. The van der Waals surface area contributed by atoms with E-state index in [2.05, 4.69) is 21.4 Å². The van der Waals surface area contributed by atoms with Gasteiger partial charge in [0, 0.05) is 11.3 Å². The maximum Gasteiger partial charge on any atom is 0.189 e. The van der Waals surface area contributed by atoms with E-state index in [-0.39, 0.29) is 0 Å². The van der Waals surface area contributed by atoms with E-state index in [1.807, 2.05) is 12.3 Å². The van der Waals surface area contributed by atoms with Crippen LogP contribution in [0.5, 0.6) is 17.2 Å². The summed E-state index contributed by atoms with van der Waals surface area (Å²) in [7, 11) is 4.67. The fourth-order valence-electron chi connectivity index (χ4n) is 2.80. The third-order valence-electron chi connectivity index (χ3n) is 4.25. The lowest BCUT2D eigenvalue weighted by molar-refractivity contribution is 0.355. The number of thioether (sulfide) groups is 1. The van der Waals surface area contributed by atoms with E-state index >= 15 is 0 Å². The summed E-state index contributed by atoms with van der Waals surface area (Å²) in [5.41, 5.74) is 2.16. The number of nitrogens with one attached hydrogen (secondary N) is 1. The van der Waals surface area contributed by atoms with Gasteiger partial charge >= 0.3 is 0 Å². The van der Waals surface area contributed by atoms with Crippen LogP contribution in [-0.4, -0.2) is 37.6 Å². The molecule has 0 bridgehead atoms. The number of methoxy groups -OCH3 is 3. The average molecular weight is 443 g/mol. The first-order chi connectivity index (χ1) is 14.5. The van der Waals surface area contributed by atoms with Crippen molar-refractivity contribution in [1.29, 1.82) is 5.26 Å². The van der Waals surface area contributed by atoms with Crippen LogP contribution in [-0.2, 0) is 0 Å². The second-order valence-corrected chi connectivity index (χ2v) is 7.12. The van der Waals surface area contributed by atoms with Crippen LogP contribution < -0.4 is 19.5 Å². The van der Waals surface area contributed by atoms with Crippen molar-refractivity contribution in [3.8, 4) is 34.6 Å². The topological polar surface area (TPSA) is 89.3 Å². The highest BCUT2D eigenvalue weighted by Gasteiger charge is 2.18. The molecule has 0 aliphatic heterocycles. The van der Waals surface area contributed by atoms with Crippen molar-refractivity contribution in [2.75, 3.05) is 32.9 Å². The Hall–Kier alpha value is -3.15. The van der Waals surface area contributed by atoms with Gasteiger partial charge in [-0.2, -0.15) is 5.26 Å². The third kappa shape index (κ3) is 4.37. The first-order valence-electron chi connectivity index (χ1n) is 8.73. The van der Waals surface area contributed by atoms with Crippen molar-refractivity contribution in [2.24, 2.45) is 0 Å². The number of nitriles is 1. The van der Waals surface area contributed by atoms with Crippen molar-refractivity contribution in [3.63, 3.8) is 0 Å². The van der Waals surface area contributed by atoms with Crippen LogP contribution in [0.4, 0.5) is 11.5 Å². The molecule has 1 aromatic heterocycles. The molecular weight excluding hydrogens is 424 g/mol. The molecular formula is C21H19ClN4O3S. The molecule has 30 heavy (non-hydrogen) atoms. The van der Waals surface area contributed by atoms with Gasteiger partial charge in [0.1, 0.15) is 17.4 Å². The number of nitrogens with zero attached hydrogens (tertiary/aromatic N) is 3. The zero-order valence-electron chi connectivity index (χ0n) is 16.8. The van der Waals surface area contributed by atoms with Crippen LogP contribution in [0, 0.1) is 11.3 Å². The molecule has 9 heteroatoms. The van der Waals surface area contributed by atoms with Crippen LogP contribution in [0.15, 0.2) is 41.6 Å². The van der Waals surface area contributed by atoms with Gasteiger partial charge in [0.2, 0.25) is 0 Å². The molecule has 3 rings (SSSR count). The van der Waals surface area contributed by atoms with Crippen LogP contribution in [0.2, 0.25) is 5.02 Å². The number of aromatic nitrogens is 2. The molecule has 154 valence electrons. The molecule has 0 radical (unpaired) electrons. The highest BCUT2D eigenvalue weighted by Crippen LogP contribution is 2.36. The summed E-state index contributed by atoms with van der Waals surface area (Å²) in [5.74, 6) is 2.06. The minimum Gasteiger partial charge on any atom is -0.495 e. The van der Waals surface area contributed by atoms with Gasteiger partial charge in [0.25, 0.3) is 0 Å². The van der Waals surface area contributed by atoms with Gasteiger partial charge in [-0.1, -0.05) is 23.4 Å². The minimum absolute atomic E-state index is 0.298. The number of benzene rings is 2. The number of hydrogen-bond acceptors (Lipinski definition) is 8. The second-order valence-electron chi connectivity index (χ2n) is 5.94. The van der Waals surface area contributed by atoms with Gasteiger partial charge in [-0.3, -0.25) is 0 Å². The smallest absolute Gasteiger partial charge is 0.189 e. The molecule has 0 fully saturated rings. The third-order valence-corrected chi connectivity index (χ3v) is 5.10. The predicted octanol–water partition coefficient (Wildman–Crippen LogP) is 5.16. The molecule has 0 aliphatic carbocycles. The fourth-order valence-corrected chi connectivity index (χ4v) is 3.42. The van der Waals surface area contributed by atoms with E-state index in [4.69, 9.17) is 25.8 Å². The van der Waals surface area contributed by atoms with Gasteiger partial charge in [-0.05, 0) is 42.7 Å². The van der Waals surface area contributed by atoms with Gasteiger partial charge in [0.15, 0.2) is 22.5 Å². The van der Waals surface area contributed by atoms with E-state index in [1.54, 1.807) is 51.7 Å². The number of hydrogen-bond donors (Lipinski definition) is 1. The van der Waals surface area contributed by atoms with Gasteiger partial charge in [-0.25, -0.2) is 9.97 Å². The highest BCUT2D eigenvalue weighted by molar-refractivity contribution is 7.98. The Kier molecular flexibility index (Phi) is 6.87. The number of halogens is 1. The fraction of sp³-hybridized carbons (Fsp3) is 0.190. The van der Waals surface area contributed by atoms with Gasteiger partial charge < -0.3 is 19.5 Å². The molecule has 0 aliphatic rings. The van der Waals surface area contributed by atoms with Crippen molar-refractivity contribution in [3.05, 3.63) is 47.0 Å². The van der Waals surface area contributed by atoms with E-state index in [0.29, 0.717) is 55.8 Å². The maximum atomic E-state index is 9.89. The number of anilines is 2. The Morgan fingerprint density at radius 2 is 1.67 bits per heavy atom. The standard InChI is InChI=1S/C21H19ClN4O3S/c1-27-16-8-6-13(10-15(16)22)24-20-14(11-23)19(25-21(26-20)30-4)12-5-7-17(28-2)18(9-12)29-3/h5-10H,1-4H3,(H,24,25,26). The second kappa shape index (κ2) is 9.57. The summed E-state index contributed by atoms with van der Waals surface area (Å²) in [6.45, 7) is 0. The first kappa shape index (κ1) is 21.6. The Labute approximate surface area is 184 Å². The zero-order valence-corrected chi connectivity index (χ0v) is 18.4. The Morgan fingerprint density at radius 1 is 0.967 bits per heavy atom. The van der Waals surface area contributed by atoms with Crippen molar-refractivity contribution in [1.82, 2.24) is 9.97 Å². The van der Waals surface area contributed by atoms with Crippen molar-refractivity contribution >= 4 is 34.9 Å². The highest BCUT2D eigenvalue weighted by atomic mass is 35.5. The van der Waals surface area contributed by atoms with Gasteiger partial charge in [-0.15, -0.1) is 0 Å².